The van der Waals surface area contributed by atoms with E-state index in [0.717, 1.165) is 12.3 Å². The fourth-order valence-corrected chi connectivity index (χ4v) is 1.89. The zero-order valence-corrected chi connectivity index (χ0v) is 10.5. The van der Waals surface area contributed by atoms with Crippen molar-refractivity contribution in [3.63, 3.8) is 0 Å². The van der Waals surface area contributed by atoms with E-state index in [2.05, 4.69) is 13.8 Å². The average Bonchev–Trinajstić information content (AvgIpc) is 2.25. The lowest BCUT2D eigenvalue weighted by molar-refractivity contribution is 0.355. The first-order valence-corrected chi connectivity index (χ1v) is 6.44. The zero-order chi connectivity index (χ0) is 11.8. The molecule has 0 unspecified atom stereocenters. The predicted octanol–water partition coefficient (Wildman–Crippen LogP) is 4.98. The maximum absolute atomic E-state index is 10.9. The molecule has 0 aliphatic heterocycles. The summed E-state index contributed by atoms with van der Waals surface area (Å²) in [6.45, 7) is 4.56. The van der Waals surface area contributed by atoms with Gasteiger partial charge in [-0.15, -0.1) is 0 Å². The highest BCUT2D eigenvalue weighted by atomic mass is 16.3. The number of benzene rings is 1. The lowest BCUT2D eigenvalue weighted by Crippen LogP contribution is -1.89. The van der Waals surface area contributed by atoms with E-state index < -0.39 is 0 Å². The Morgan fingerprint density at radius 2 is 1.56 bits per heavy atom. The summed E-state index contributed by atoms with van der Waals surface area (Å²) in [5.41, 5.74) is 1.29. The van der Waals surface area contributed by atoms with Crippen molar-refractivity contribution in [2.75, 3.05) is 0 Å². The minimum atomic E-state index is 0.112. The third kappa shape index (κ3) is 5.79. The fourth-order valence-electron chi connectivity index (χ4n) is 1.89. The smallest absolute Gasteiger partial charge is 0.178 e. The molecular formula is C15H23O. The van der Waals surface area contributed by atoms with E-state index in [-0.39, 0.29) is 5.75 Å². The average molecular weight is 219 g/mol. The van der Waals surface area contributed by atoms with Gasteiger partial charge in [-0.25, -0.2) is 0 Å². The quantitative estimate of drug-likeness (QED) is 0.576. The minimum Gasteiger partial charge on any atom is -0.290 e. The number of hydrogen-bond acceptors (Lipinski definition) is 0. The minimum absolute atomic E-state index is 0.112. The Morgan fingerprint density at radius 3 is 2.19 bits per heavy atom. The first-order valence-electron chi connectivity index (χ1n) is 6.44. The summed E-state index contributed by atoms with van der Waals surface area (Å²) in [5.74, 6) is 0.949. The van der Waals surface area contributed by atoms with E-state index in [9.17, 15) is 5.11 Å². The van der Waals surface area contributed by atoms with Crippen molar-refractivity contribution in [1.29, 1.82) is 0 Å². The molecule has 0 spiro atoms. The maximum atomic E-state index is 10.9. The van der Waals surface area contributed by atoms with Crippen LogP contribution in [0.5, 0.6) is 5.75 Å². The van der Waals surface area contributed by atoms with Crippen LogP contribution in [0.3, 0.4) is 0 Å². The molecule has 1 radical (unpaired) electrons. The highest BCUT2D eigenvalue weighted by molar-refractivity contribution is 5.25. The van der Waals surface area contributed by atoms with Crippen LogP contribution >= 0.6 is 0 Å². The van der Waals surface area contributed by atoms with Gasteiger partial charge in [-0.3, -0.25) is 5.11 Å². The van der Waals surface area contributed by atoms with Crippen molar-refractivity contribution in [3.05, 3.63) is 29.8 Å². The molecule has 1 aromatic carbocycles. The van der Waals surface area contributed by atoms with Crippen LogP contribution in [-0.4, -0.2) is 0 Å². The SMILES string of the molecule is CC(C)CCCCCCc1ccc([O])cc1. The number of rotatable bonds is 7. The lowest BCUT2D eigenvalue weighted by atomic mass is 10.0. The molecule has 89 valence electrons. The second kappa shape index (κ2) is 7.32. The Labute approximate surface area is 99.5 Å². The van der Waals surface area contributed by atoms with E-state index in [0.29, 0.717) is 0 Å². The van der Waals surface area contributed by atoms with Gasteiger partial charge in [0.15, 0.2) is 5.75 Å². The molecule has 1 heteroatoms. The lowest BCUT2D eigenvalue weighted by Gasteiger charge is -2.04. The van der Waals surface area contributed by atoms with E-state index >= 15 is 0 Å². The molecule has 0 saturated carbocycles. The largest absolute Gasteiger partial charge is 0.290 e. The van der Waals surface area contributed by atoms with Gasteiger partial charge < -0.3 is 0 Å². The summed E-state index contributed by atoms with van der Waals surface area (Å²) < 4.78 is 0. The third-order valence-electron chi connectivity index (χ3n) is 2.92. The van der Waals surface area contributed by atoms with Crippen molar-refractivity contribution in [1.82, 2.24) is 0 Å². The summed E-state index contributed by atoms with van der Waals surface area (Å²) in [7, 11) is 0. The van der Waals surface area contributed by atoms with Crippen molar-refractivity contribution < 1.29 is 5.11 Å². The van der Waals surface area contributed by atoms with Crippen molar-refractivity contribution in [2.24, 2.45) is 5.92 Å². The van der Waals surface area contributed by atoms with Gasteiger partial charge in [0.25, 0.3) is 0 Å². The number of hydrogen-bond donors (Lipinski definition) is 0. The predicted molar refractivity (Wildman–Crippen MR) is 68.2 cm³/mol. The molecule has 0 amide bonds. The molecule has 0 aliphatic rings. The molecule has 16 heavy (non-hydrogen) atoms. The molecule has 0 saturated heterocycles. The summed E-state index contributed by atoms with van der Waals surface area (Å²) >= 11 is 0. The van der Waals surface area contributed by atoms with Gasteiger partial charge in [0, 0.05) is 0 Å². The monoisotopic (exact) mass is 219 g/mol. The first-order chi connectivity index (χ1) is 7.68. The molecule has 1 rings (SSSR count). The Hall–Kier alpha value is -0.980. The van der Waals surface area contributed by atoms with Crippen LogP contribution in [-0.2, 0) is 11.5 Å². The third-order valence-corrected chi connectivity index (χ3v) is 2.92. The van der Waals surface area contributed by atoms with Gasteiger partial charge in [0.05, 0.1) is 0 Å². The van der Waals surface area contributed by atoms with E-state index in [1.807, 2.05) is 12.1 Å². The molecule has 1 aromatic rings. The Balaban J connectivity index is 2.05. The normalized spacial score (nSPS) is 10.9. The van der Waals surface area contributed by atoms with Crippen LogP contribution in [0.15, 0.2) is 24.3 Å². The van der Waals surface area contributed by atoms with Crippen LogP contribution in [0.1, 0.15) is 51.5 Å². The Kier molecular flexibility index (Phi) is 5.99. The summed E-state index contributed by atoms with van der Waals surface area (Å²) in [5, 5.41) is 10.9. The summed E-state index contributed by atoms with van der Waals surface area (Å²) in [6.07, 6.45) is 7.73. The van der Waals surface area contributed by atoms with Gasteiger partial charge in [0.2, 0.25) is 0 Å². The van der Waals surface area contributed by atoms with Gasteiger partial charge in [-0.1, -0.05) is 51.7 Å². The van der Waals surface area contributed by atoms with E-state index in [4.69, 9.17) is 0 Å². The fraction of sp³-hybridized carbons (Fsp3) is 0.600. The van der Waals surface area contributed by atoms with Crippen LogP contribution in [0.25, 0.3) is 0 Å². The molecule has 0 atom stereocenters. The van der Waals surface area contributed by atoms with Crippen LogP contribution in [0.4, 0.5) is 0 Å². The Morgan fingerprint density at radius 1 is 0.938 bits per heavy atom. The van der Waals surface area contributed by atoms with Gasteiger partial charge in [0.1, 0.15) is 0 Å². The molecule has 0 heterocycles. The highest BCUT2D eigenvalue weighted by Gasteiger charge is 1.96. The summed E-state index contributed by atoms with van der Waals surface area (Å²) in [6, 6.07) is 7.23. The Bertz CT molecular complexity index is 274. The van der Waals surface area contributed by atoms with Gasteiger partial charge >= 0.3 is 0 Å². The van der Waals surface area contributed by atoms with Crippen molar-refractivity contribution in [2.45, 2.75) is 52.4 Å². The number of unbranched alkanes of at least 4 members (excludes halogenated alkanes) is 3. The zero-order valence-electron chi connectivity index (χ0n) is 10.5. The van der Waals surface area contributed by atoms with Crippen molar-refractivity contribution >= 4 is 0 Å². The standard InChI is InChI=1S/C15H23O/c1-13(2)7-5-3-4-6-8-14-9-11-15(16)12-10-14/h9-13H,3-8H2,1-2H3. The first kappa shape index (κ1) is 13.1. The summed E-state index contributed by atoms with van der Waals surface area (Å²) in [4.78, 5) is 0. The molecular weight excluding hydrogens is 196 g/mol. The number of aryl methyl sites for hydroxylation is 1. The van der Waals surface area contributed by atoms with Crippen LogP contribution in [0.2, 0.25) is 0 Å². The van der Waals surface area contributed by atoms with Gasteiger partial charge in [-0.2, -0.15) is 0 Å². The molecule has 0 N–H and O–H groups in total. The molecule has 0 aliphatic carbocycles. The highest BCUT2D eigenvalue weighted by Crippen LogP contribution is 2.14. The molecule has 0 bridgehead atoms. The van der Waals surface area contributed by atoms with Crippen molar-refractivity contribution in [3.8, 4) is 5.75 Å². The second-order valence-electron chi connectivity index (χ2n) is 4.99. The second-order valence-corrected chi connectivity index (χ2v) is 4.99. The van der Waals surface area contributed by atoms with Gasteiger partial charge in [-0.05, 0) is 36.5 Å². The maximum Gasteiger partial charge on any atom is 0.178 e. The topological polar surface area (TPSA) is 19.9 Å². The molecule has 0 aromatic heterocycles. The van der Waals surface area contributed by atoms with Crippen LogP contribution in [0, 0.1) is 5.92 Å². The van der Waals surface area contributed by atoms with E-state index in [1.165, 1.54) is 37.7 Å². The molecule has 1 nitrogen and oxygen atoms in total. The van der Waals surface area contributed by atoms with Crippen LogP contribution < -0.4 is 0 Å². The van der Waals surface area contributed by atoms with E-state index in [1.54, 1.807) is 12.1 Å². The molecule has 0 fully saturated rings.